The minimum absolute atomic E-state index is 0.487. The Morgan fingerprint density at radius 3 is 2.41 bits per heavy atom. The molecular formula is C14H21NO2. The molecule has 0 bridgehead atoms. The van der Waals surface area contributed by atoms with Crippen molar-refractivity contribution in [2.45, 2.75) is 44.6 Å². The van der Waals surface area contributed by atoms with Gasteiger partial charge in [-0.05, 0) is 24.8 Å². The third-order valence-electron chi connectivity index (χ3n) is 2.86. The van der Waals surface area contributed by atoms with Gasteiger partial charge in [0.25, 0.3) is 0 Å². The molecule has 0 aliphatic rings. The maximum absolute atomic E-state index is 10.6. The van der Waals surface area contributed by atoms with Gasteiger partial charge in [-0.3, -0.25) is 4.79 Å². The van der Waals surface area contributed by atoms with Gasteiger partial charge in [-0.15, -0.1) is 0 Å². The first-order valence-corrected chi connectivity index (χ1v) is 6.21. The topological polar surface area (TPSA) is 63.3 Å². The summed E-state index contributed by atoms with van der Waals surface area (Å²) < 4.78 is 0. The van der Waals surface area contributed by atoms with Crippen LogP contribution in [0.1, 0.15) is 37.7 Å². The Morgan fingerprint density at radius 2 is 1.76 bits per heavy atom. The van der Waals surface area contributed by atoms with Crippen molar-refractivity contribution in [2.24, 2.45) is 5.73 Å². The van der Waals surface area contributed by atoms with Crippen LogP contribution < -0.4 is 5.73 Å². The van der Waals surface area contributed by atoms with Gasteiger partial charge in [-0.2, -0.15) is 0 Å². The lowest BCUT2D eigenvalue weighted by molar-refractivity contribution is -0.126. The quantitative estimate of drug-likeness (QED) is 0.677. The highest BCUT2D eigenvalue weighted by atomic mass is 16.3. The molecule has 1 aromatic rings. The molecule has 0 aliphatic heterocycles. The van der Waals surface area contributed by atoms with Gasteiger partial charge in [0.2, 0.25) is 5.91 Å². The molecule has 0 fully saturated rings. The first kappa shape index (κ1) is 13.7. The van der Waals surface area contributed by atoms with Gasteiger partial charge in [-0.1, -0.05) is 49.6 Å². The van der Waals surface area contributed by atoms with Gasteiger partial charge in [0.05, 0.1) is 0 Å². The summed E-state index contributed by atoms with van der Waals surface area (Å²) in [6.07, 6.45) is 4.79. The van der Waals surface area contributed by atoms with E-state index < -0.39 is 12.0 Å². The van der Waals surface area contributed by atoms with Crippen molar-refractivity contribution in [3.8, 4) is 0 Å². The maximum atomic E-state index is 10.6. The van der Waals surface area contributed by atoms with E-state index in [1.807, 2.05) is 6.07 Å². The van der Waals surface area contributed by atoms with E-state index in [4.69, 9.17) is 5.73 Å². The third kappa shape index (κ3) is 6.07. The highest BCUT2D eigenvalue weighted by Gasteiger charge is 2.09. The summed E-state index contributed by atoms with van der Waals surface area (Å²) in [7, 11) is 0. The van der Waals surface area contributed by atoms with Gasteiger partial charge in [0.1, 0.15) is 6.10 Å². The molecule has 17 heavy (non-hydrogen) atoms. The third-order valence-corrected chi connectivity index (χ3v) is 2.86. The molecule has 0 heterocycles. The zero-order chi connectivity index (χ0) is 12.5. The van der Waals surface area contributed by atoms with Gasteiger partial charge >= 0.3 is 0 Å². The molecule has 3 nitrogen and oxygen atoms in total. The molecule has 0 aliphatic carbocycles. The van der Waals surface area contributed by atoms with Crippen LogP contribution in [0.4, 0.5) is 0 Å². The molecule has 0 aromatic heterocycles. The van der Waals surface area contributed by atoms with E-state index in [2.05, 4.69) is 24.3 Å². The Morgan fingerprint density at radius 1 is 1.12 bits per heavy atom. The van der Waals surface area contributed by atoms with Crippen molar-refractivity contribution in [1.82, 2.24) is 0 Å². The predicted molar refractivity (Wildman–Crippen MR) is 68.4 cm³/mol. The number of aliphatic hydroxyl groups excluding tert-OH is 1. The minimum Gasteiger partial charge on any atom is -0.383 e. The number of aliphatic hydroxyl groups is 1. The van der Waals surface area contributed by atoms with Gasteiger partial charge < -0.3 is 10.8 Å². The number of amides is 1. The number of benzene rings is 1. The number of aryl methyl sites for hydroxylation is 1. The zero-order valence-electron chi connectivity index (χ0n) is 10.1. The highest BCUT2D eigenvalue weighted by Crippen LogP contribution is 2.09. The monoisotopic (exact) mass is 235 g/mol. The Kier molecular flexibility index (Phi) is 6.33. The first-order chi connectivity index (χ1) is 8.20. The second kappa shape index (κ2) is 7.85. The second-order valence-corrected chi connectivity index (χ2v) is 4.36. The van der Waals surface area contributed by atoms with E-state index in [9.17, 15) is 9.90 Å². The molecule has 94 valence electrons. The fraction of sp³-hybridized carbons (Fsp3) is 0.500. The van der Waals surface area contributed by atoms with Crippen LogP contribution in [0.3, 0.4) is 0 Å². The second-order valence-electron chi connectivity index (χ2n) is 4.36. The molecular weight excluding hydrogens is 214 g/mol. The number of carbonyl (C=O) groups is 1. The summed E-state index contributed by atoms with van der Waals surface area (Å²) in [5.41, 5.74) is 6.33. The standard InChI is InChI=1S/C14H21NO2/c15-14(17)13(16)11-7-2-1-4-8-12-9-5-3-6-10-12/h3,5-6,9-10,13,16H,1-2,4,7-8,11H2,(H2,15,17). The lowest BCUT2D eigenvalue weighted by Gasteiger charge is -2.05. The van der Waals surface area contributed by atoms with Crippen LogP contribution in [0.5, 0.6) is 0 Å². The Balaban J connectivity index is 2.00. The Bertz CT molecular complexity index is 324. The Labute approximate surface area is 103 Å². The van der Waals surface area contributed by atoms with Crippen LogP contribution in [0.25, 0.3) is 0 Å². The van der Waals surface area contributed by atoms with Gasteiger partial charge in [0.15, 0.2) is 0 Å². The van der Waals surface area contributed by atoms with Crippen molar-refractivity contribution >= 4 is 5.91 Å². The highest BCUT2D eigenvalue weighted by molar-refractivity contribution is 5.78. The summed E-state index contributed by atoms with van der Waals surface area (Å²) in [5, 5.41) is 9.19. The lowest BCUT2D eigenvalue weighted by Crippen LogP contribution is -2.27. The minimum atomic E-state index is -0.968. The number of rotatable bonds is 8. The average molecular weight is 235 g/mol. The summed E-state index contributed by atoms with van der Waals surface area (Å²) in [6, 6.07) is 10.4. The predicted octanol–water partition coefficient (Wildman–Crippen LogP) is 2.03. The van der Waals surface area contributed by atoms with Crippen molar-refractivity contribution in [2.75, 3.05) is 0 Å². The normalized spacial score (nSPS) is 12.3. The molecule has 3 heteroatoms. The molecule has 1 amide bonds. The van der Waals surface area contributed by atoms with Crippen LogP contribution in [-0.2, 0) is 11.2 Å². The summed E-state index contributed by atoms with van der Waals surface area (Å²) >= 11 is 0. The molecule has 1 aromatic carbocycles. The Hall–Kier alpha value is -1.35. The number of unbranched alkanes of at least 4 members (excludes halogenated alkanes) is 3. The smallest absolute Gasteiger partial charge is 0.246 e. The van der Waals surface area contributed by atoms with E-state index in [-0.39, 0.29) is 0 Å². The van der Waals surface area contributed by atoms with Crippen molar-refractivity contribution < 1.29 is 9.90 Å². The number of hydrogen-bond donors (Lipinski definition) is 2. The summed E-state index contributed by atoms with van der Waals surface area (Å²) in [5.74, 6) is -0.616. The molecule has 3 N–H and O–H groups in total. The van der Waals surface area contributed by atoms with Crippen LogP contribution in [0, 0.1) is 0 Å². The maximum Gasteiger partial charge on any atom is 0.246 e. The van der Waals surface area contributed by atoms with Crippen LogP contribution in [0.15, 0.2) is 30.3 Å². The molecule has 1 atom stereocenters. The lowest BCUT2D eigenvalue weighted by atomic mass is 10.0. The molecule has 0 saturated carbocycles. The SMILES string of the molecule is NC(=O)C(O)CCCCCCc1ccccc1. The molecule has 1 unspecified atom stereocenters. The molecule has 0 radical (unpaired) electrons. The fourth-order valence-corrected chi connectivity index (χ4v) is 1.81. The van der Waals surface area contributed by atoms with Crippen LogP contribution in [0.2, 0.25) is 0 Å². The number of hydrogen-bond acceptors (Lipinski definition) is 2. The molecule has 0 spiro atoms. The number of primary amides is 1. The van der Waals surface area contributed by atoms with Crippen molar-refractivity contribution in [3.63, 3.8) is 0 Å². The zero-order valence-corrected chi connectivity index (χ0v) is 10.1. The largest absolute Gasteiger partial charge is 0.383 e. The van der Waals surface area contributed by atoms with Crippen LogP contribution >= 0.6 is 0 Å². The van der Waals surface area contributed by atoms with E-state index in [1.54, 1.807) is 0 Å². The average Bonchev–Trinajstić information content (AvgIpc) is 2.34. The fourth-order valence-electron chi connectivity index (χ4n) is 1.81. The summed E-state index contributed by atoms with van der Waals surface area (Å²) in [4.78, 5) is 10.6. The molecule has 1 rings (SSSR count). The van der Waals surface area contributed by atoms with E-state index in [0.29, 0.717) is 6.42 Å². The van der Waals surface area contributed by atoms with E-state index >= 15 is 0 Å². The number of carbonyl (C=O) groups excluding carboxylic acids is 1. The molecule has 0 saturated heterocycles. The number of nitrogens with two attached hydrogens (primary N) is 1. The van der Waals surface area contributed by atoms with Crippen LogP contribution in [-0.4, -0.2) is 17.1 Å². The van der Waals surface area contributed by atoms with Crippen molar-refractivity contribution in [1.29, 1.82) is 0 Å². The summed E-state index contributed by atoms with van der Waals surface area (Å²) in [6.45, 7) is 0. The van der Waals surface area contributed by atoms with Gasteiger partial charge in [-0.25, -0.2) is 0 Å². The van der Waals surface area contributed by atoms with Gasteiger partial charge in [0, 0.05) is 0 Å². The van der Waals surface area contributed by atoms with Crippen molar-refractivity contribution in [3.05, 3.63) is 35.9 Å². The van der Waals surface area contributed by atoms with E-state index in [1.165, 1.54) is 5.56 Å². The first-order valence-electron chi connectivity index (χ1n) is 6.21. The van der Waals surface area contributed by atoms with E-state index in [0.717, 1.165) is 32.1 Å².